The Hall–Kier alpha value is -2.18. The highest BCUT2D eigenvalue weighted by Crippen LogP contribution is 2.21. The fourth-order valence-electron chi connectivity index (χ4n) is 2.07. The number of hydrogen-bond acceptors (Lipinski definition) is 4. The summed E-state index contributed by atoms with van der Waals surface area (Å²) in [5, 5.41) is 4.80. The van der Waals surface area contributed by atoms with Crippen LogP contribution in [0.1, 0.15) is 34.1 Å². The van der Waals surface area contributed by atoms with E-state index >= 15 is 0 Å². The lowest BCUT2D eigenvalue weighted by Crippen LogP contribution is -2.46. The molecule has 0 unspecified atom stereocenters. The molecular weight excluding hydrogens is 298 g/mol. The maximum atomic E-state index is 12.4. The molecule has 0 spiro atoms. The van der Waals surface area contributed by atoms with E-state index in [0.717, 1.165) is 18.4 Å². The summed E-state index contributed by atoms with van der Waals surface area (Å²) in [6.45, 7) is 0. The Morgan fingerprint density at radius 3 is 2.50 bits per heavy atom. The Kier molecular flexibility index (Phi) is 4.50. The second-order valence-electron chi connectivity index (χ2n) is 5.20. The highest BCUT2D eigenvalue weighted by molar-refractivity contribution is 7.12. The van der Waals surface area contributed by atoms with Gasteiger partial charge in [0.2, 0.25) is 5.91 Å². The van der Waals surface area contributed by atoms with E-state index in [1.54, 1.807) is 6.07 Å². The van der Waals surface area contributed by atoms with E-state index in [1.165, 1.54) is 11.3 Å². The van der Waals surface area contributed by atoms with Gasteiger partial charge in [-0.05, 0) is 29.9 Å². The first-order valence-corrected chi connectivity index (χ1v) is 8.06. The SMILES string of the molecule is O=C(NN[C@H](C(=O)NC1CC1)c1ccccc1)c1cccs1. The Balaban J connectivity index is 1.68. The van der Waals surface area contributed by atoms with Gasteiger partial charge in [-0.1, -0.05) is 36.4 Å². The third kappa shape index (κ3) is 3.72. The average Bonchev–Trinajstić information content (AvgIpc) is 3.17. The molecule has 1 aliphatic carbocycles. The first kappa shape index (κ1) is 14.7. The molecule has 6 heteroatoms. The van der Waals surface area contributed by atoms with E-state index in [-0.39, 0.29) is 17.9 Å². The molecule has 1 aromatic carbocycles. The molecule has 1 aromatic heterocycles. The maximum absolute atomic E-state index is 12.4. The van der Waals surface area contributed by atoms with E-state index in [1.807, 2.05) is 41.8 Å². The van der Waals surface area contributed by atoms with Crippen LogP contribution in [-0.2, 0) is 4.79 Å². The molecule has 1 aliphatic rings. The minimum absolute atomic E-state index is 0.125. The molecule has 22 heavy (non-hydrogen) atoms. The van der Waals surface area contributed by atoms with Crippen molar-refractivity contribution in [3.8, 4) is 0 Å². The number of amides is 2. The molecule has 0 radical (unpaired) electrons. The molecule has 0 saturated heterocycles. The van der Waals surface area contributed by atoms with Crippen LogP contribution in [0, 0.1) is 0 Å². The van der Waals surface area contributed by atoms with Crippen molar-refractivity contribution in [3.63, 3.8) is 0 Å². The summed E-state index contributed by atoms with van der Waals surface area (Å²) in [7, 11) is 0. The summed E-state index contributed by atoms with van der Waals surface area (Å²) in [6, 6.07) is 12.6. The zero-order chi connectivity index (χ0) is 15.4. The summed E-state index contributed by atoms with van der Waals surface area (Å²) < 4.78 is 0. The summed E-state index contributed by atoms with van der Waals surface area (Å²) in [5.74, 6) is -0.365. The van der Waals surface area contributed by atoms with Crippen LogP contribution in [0.3, 0.4) is 0 Å². The predicted octanol–water partition coefficient (Wildman–Crippen LogP) is 2.00. The van der Waals surface area contributed by atoms with Crippen molar-refractivity contribution >= 4 is 23.2 Å². The van der Waals surface area contributed by atoms with Gasteiger partial charge in [0.25, 0.3) is 5.91 Å². The second kappa shape index (κ2) is 6.72. The van der Waals surface area contributed by atoms with E-state index in [0.29, 0.717) is 4.88 Å². The van der Waals surface area contributed by atoms with E-state index < -0.39 is 6.04 Å². The summed E-state index contributed by atoms with van der Waals surface area (Å²) >= 11 is 1.35. The number of carbonyl (C=O) groups is 2. The third-order valence-corrected chi connectivity index (χ3v) is 4.26. The standard InChI is InChI=1S/C16H17N3O2S/c20-15(13-7-4-10-22-13)19-18-14(11-5-2-1-3-6-11)16(21)17-12-8-9-12/h1-7,10,12,14,18H,8-9H2,(H,17,21)(H,19,20)/t14-/m0/s1. The molecule has 1 saturated carbocycles. The lowest BCUT2D eigenvalue weighted by Gasteiger charge is -2.19. The molecule has 2 aromatic rings. The molecule has 3 rings (SSSR count). The highest BCUT2D eigenvalue weighted by atomic mass is 32.1. The van der Waals surface area contributed by atoms with Gasteiger partial charge in [0.1, 0.15) is 6.04 Å². The van der Waals surface area contributed by atoms with Gasteiger partial charge >= 0.3 is 0 Å². The van der Waals surface area contributed by atoms with E-state index in [9.17, 15) is 9.59 Å². The predicted molar refractivity (Wildman–Crippen MR) is 85.3 cm³/mol. The zero-order valence-corrected chi connectivity index (χ0v) is 12.7. The number of rotatable bonds is 6. The molecule has 1 heterocycles. The van der Waals surface area contributed by atoms with Crippen LogP contribution in [0.15, 0.2) is 47.8 Å². The minimum Gasteiger partial charge on any atom is -0.352 e. The quantitative estimate of drug-likeness (QED) is 0.714. The smallest absolute Gasteiger partial charge is 0.275 e. The molecule has 3 N–H and O–H groups in total. The van der Waals surface area contributed by atoms with Crippen molar-refractivity contribution in [2.45, 2.75) is 24.9 Å². The number of hydrogen-bond donors (Lipinski definition) is 3. The molecular formula is C16H17N3O2S. The summed E-state index contributed by atoms with van der Waals surface area (Å²) in [5.41, 5.74) is 6.28. The van der Waals surface area contributed by atoms with Gasteiger partial charge in [-0.3, -0.25) is 15.0 Å². The van der Waals surface area contributed by atoms with Crippen molar-refractivity contribution in [1.29, 1.82) is 0 Å². The third-order valence-electron chi connectivity index (χ3n) is 3.39. The molecule has 1 fully saturated rings. The summed E-state index contributed by atoms with van der Waals surface area (Å²) in [6.07, 6.45) is 2.05. The monoisotopic (exact) mass is 315 g/mol. The average molecular weight is 315 g/mol. The number of thiophene rings is 1. The van der Waals surface area contributed by atoms with Crippen molar-refractivity contribution in [3.05, 3.63) is 58.3 Å². The lowest BCUT2D eigenvalue weighted by molar-refractivity contribution is -0.123. The van der Waals surface area contributed by atoms with E-state index in [4.69, 9.17) is 0 Å². The van der Waals surface area contributed by atoms with Crippen molar-refractivity contribution < 1.29 is 9.59 Å². The second-order valence-corrected chi connectivity index (χ2v) is 6.15. The van der Waals surface area contributed by atoms with Crippen LogP contribution >= 0.6 is 11.3 Å². The molecule has 0 bridgehead atoms. The van der Waals surface area contributed by atoms with Crippen LogP contribution < -0.4 is 16.2 Å². The Bertz CT molecular complexity index is 639. The van der Waals surface area contributed by atoms with Crippen molar-refractivity contribution in [1.82, 2.24) is 16.2 Å². The molecule has 5 nitrogen and oxygen atoms in total. The largest absolute Gasteiger partial charge is 0.352 e. The van der Waals surface area contributed by atoms with E-state index in [2.05, 4.69) is 16.2 Å². The van der Waals surface area contributed by atoms with Crippen LogP contribution in [0.5, 0.6) is 0 Å². The lowest BCUT2D eigenvalue weighted by atomic mass is 10.1. The summed E-state index contributed by atoms with van der Waals surface area (Å²) in [4.78, 5) is 25.0. The first-order chi connectivity index (χ1) is 10.7. The van der Waals surface area contributed by atoms with Crippen LogP contribution in [-0.4, -0.2) is 17.9 Å². The van der Waals surface area contributed by atoms with Gasteiger partial charge < -0.3 is 5.32 Å². The first-order valence-electron chi connectivity index (χ1n) is 7.19. The van der Waals surface area contributed by atoms with Crippen LogP contribution in [0.2, 0.25) is 0 Å². The highest BCUT2D eigenvalue weighted by Gasteiger charge is 2.28. The van der Waals surface area contributed by atoms with Gasteiger partial charge in [0, 0.05) is 6.04 Å². The van der Waals surface area contributed by atoms with Crippen LogP contribution in [0.4, 0.5) is 0 Å². The maximum Gasteiger partial charge on any atom is 0.275 e. The molecule has 0 aliphatic heterocycles. The van der Waals surface area contributed by atoms with Gasteiger partial charge in [0.15, 0.2) is 0 Å². The molecule has 114 valence electrons. The van der Waals surface area contributed by atoms with Crippen LogP contribution in [0.25, 0.3) is 0 Å². The number of nitrogens with one attached hydrogen (secondary N) is 3. The Labute approximate surface area is 132 Å². The topological polar surface area (TPSA) is 70.2 Å². The fraction of sp³-hybridized carbons (Fsp3) is 0.250. The molecule has 2 amide bonds. The number of benzene rings is 1. The Morgan fingerprint density at radius 2 is 1.86 bits per heavy atom. The molecule has 1 atom stereocenters. The van der Waals surface area contributed by atoms with Gasteiger partial charge in [-0.25, -0.2) is 5.43 Å². The van der Waals surface area contributed by atoms with Crippen molar-refractivity contribution in [2.24, 2.45) is 0 Å². The fourth-order valence-corrected chi connectivity index (χ4v) is 2.68. The Morgan fingerprint density at radius 1 is 1.09 bits per heavy atom. The zero-order valence-electron chi connectivity index (χ0n) is 11.9. The van der Waals surface area contributed by atoms with Gasteiger partial charge in [-0.2, -0.15) is 0 Å². The number of carbonyl (C=O) groups excluding carboxylic acids is 2. The minimum atomic E-state index is -0.606. The van der Waals surface area contributed by atoms with Gasteiger partial charge in [-0.15, -0.1) is 11.3 Å². The van der Waals surface area contributed by atoms with Gasteiger partial charge in [0.05, 0.1) is 4.88 Å². The van der Waals surface area contributed by atoms with Crippen molar-refractivity contribution in [2.75, 3.05) is 0 Å². The normalized spacial score (nSPS) is 15.1. The number of hydrazine groups is 1.